The van der Waals surface area contributed by atoms with Crippen LogP contribution in [-0.4, -0.2) is 69.9 Å². The fourth-order valence-electron chi connectivity index (χ4n) is 3.20. The van der Waals surface area contributed by atoms with Crippen molar-refractivity contribution in [2.45, 2.75) is 56.8 Å². The van der Waals surface area contributed by atoms with Crippen LogP contribution in [0.2, 0.25) is 0 Å². The van der Waals surface area contributed by atoms with E-state index >= 15 is 0 Å². The molecule has 8 nitrogen and oxygen atoms in total. The van der Waals surface area contributed by atoms with Crippen molar-refractivity contribution >= 4 is 17.7 Å². The van der Waals surface area contributed by atoms with Crippen LogP contribution in [0.25, 0.3) is 0 Å². The lowest BCUT2D eigenvalue weighted by atomic mass is 10.1. The van der Waals surface area contributed by atoms with Gasteiger partial charge in [-0.25, -0.2) is 0 Å². The number of carbonyl (C=O) groups is 3. The van der Waals surface area contributed by atoms with Gasteiger partial charge < -0.3 is 26.4 Å². The second kappa shape index (κ2) is 6.62. The third-order valence-electron chi connectivity index (χ3n) is 4.49. The number of likely N-dealkylation sites (tertiary alicyclic amines) is 2. The maximum Gasteiger partial charge on any atom is 0.246 e. The number of hydrogen-bond acceptors (Lipinski definition) is 5. The first-order chi connectivity index (χ1) is 10.3. The molecule has 8 heteroatoms. The minimum atomic E-state index is -1.04. The van der Waals surface area contributed by atoms with Crippen LogP contribution in [0.3, 0.4) is 0 Å². The topological polar surface area (TPSA) is 130 Å². The molecule has 0 aromatic carbocycles. The fraction of sp³-hybridized carbons (Fsp3) is 0.786. The highest BCUT2D eigenvalue weighted by Gasteiger charge is 2.42. The molecule has 0 aromatic rings. The molecule has 3 amide bonds. The first kappa shape index (κ1) is 16.7. The molecule has 0 saturated carbocycles. The van der Waals surface area contributed by atoms with Gasteiger partial charge in [-0.05, 0) is 32.6 Å². The van der Waals surface area contributed by atoms with Gasteiger partial charge >= 0.3 is 0 Å². The normalized spacial score (nSPS) is 27.8. The molecule has 2 rings (SSSR count). The van der Waals surface area contributed by atoms with E-state index in [0.717, 1.165) is 6.42 Å². The van der Waals surface area contributed by atoms with Crippen LogP contribution in [0.15, 0.2) is 0 Å². The highest BCUT2D eigenvalue weighted by atomic mass is 16.3. The zero-order valence-corrected chi connectivity index (χ0v) is 12.8. The molecule has 0 spiro atoms. The maximum atomic E-state index is 12.7. The highest BCUT2D eigenvalue weighted by molar-refractivity contribution is 5.93. The molecule has 4 atom stereocenters. The quantitative estimate of drug-likeness (QED) is 0.562. The number of nitrogens with two attached hydrogens (primary N) is 2. The lowest BCUT2D eigenvalue weighted by Gasteiger charge is -2.32. The molecule has 22 heavy (non-hydrogen) atoms. The van der Waals surface area contributed by atoms with E-state index < -0.39 is 36.0 Å². The van der Waals surface area contributed by atoms with Crippen LogP contribution in [0, 0.1) is 0 Å². The molecular weight excluding hydrogens is 288 g/mol. The van der Waals surface area contributed by atoms with E-state index in [1.54, 1.807) is 0 Å². The Kier molecular flexibility index (Phi) is 5.02. The van der Waals surface area contributed by atoms with E-state index in [2.05, 4.69) is 0 Å². The molecular formula is C14H24N4O4. The van der Waals surface area contributed by atoms with E-state index in [4.69, 9.17) is 11.5 Å². The van der Waals surface area contributed by atoms with Crippen molar-refractivity contribution in [2.24, 2.45) is 11.5 Å². The summed E-state index contributed by atoms with van der Waals surface area (Å²) in [6, 6.07) is -2.24. The smallest absolute Gasteiger partial charge is 0.246 e. The molecule has 2 heterocycles. The molecule has 0 aliphatic carbocycles. The molecule has 5 N–H and O–H groups in total. The molecule has 0 bridgehead atoms. The van der Waals surface area contributed by atoms with Crippen molar-refractivity contribution in [1.82, 2.24) is 9.80 Å². The summed E-state index contributed by atoms with van der Waals surface area (Å²) in [4.78, 5) is 39.3. The molecule has 2 aliphatic heterocycles. The number of hydrogen-bond donors (Lipinski definition) is 3. The summed E-state index contributed by atoms with van der Waals surface area (Å²) in [7, 11) is 0. The molecule has 0 radical (unpaired) electrons. The van der Waals surface area contributed by atoms with Crippen molar-refractivity contribution in [3.63, 3.8) is 0 Å². The van der Waals surface area contributed by atoms with Gasteiger partial charge in [0, 0.05) is 13.1 Å². The maximum absolute atomic E-state index is 12.7. The van der Waals surface area contributed by atoms with E-state index in [9.17, 15) is 19.5 Å². The Morgan fingerprint density at radius 2 is 1.64 bits per heavy atom. The number of aliphatic hydroxyl groups excluding tert-OH is 1. The predicted molar refractivity (Wildman–Crippen MR) is 78.3 cm³/mol. The van der Waals surface area contributed by atoms with Gasteiger partial charge in [-0.3, -0.25) is 14.4 Å². The van der Waals surface area contributed by atoms with Crippen molar-refractivity contribution in [3.8, 4) is 0 Å². The molecule has 124 valence electrons. The summed E-state index contributed by atoms with van der Waals surface area (Å²) in [5.74, 6) is -1.19. The number of carbonyl (C=O) groups excluding carboxylic acids is 3. The number of rotatable bonds is 4. The van der Waals surface area contributed by atoms with Gasteiger partial charge in [0.15, 0.2) is 0 Å². The summed E-state index contributed by atoms with van der Waals surface area (Å²) < 4.78 is 0. The Morgan fingerprint density at radius 3 is 2.18 bits per heavy atom. The zero-order valence-electron chi connectivity index (χ0n) is 12.8. The average molecular weight is 312 g/mol. The Balaban J connectivity index is 2.11. The van der Waals surface area contributed by atoms with Crippen LogP contribution in [-0.2, 0) is 14.4 Å². The fourth-order valence-corrected chi connectivity index (χ4v) is 3.20. The molecule has 2 fully saturated rings. The van der Waals surface area contributed by atoms with Crippen molar-refractivity contribution in [1.29, 1.82) is 0 Å². The Morgan fingerprint density at radius 1 is 1.09 bits per heavy atom. The first-order valence-corrected chi connectivity index (χ1v) is 7.68. The van der Waals surface area contributed by atoms with Gasteiger partial charge in [-0.15, -0.1) is 0 Å². The van der Waals surface area contributed by atoms with Gasteiger partial charge in [0.05, 0.1) is 6.10 Å². The lowest BCUT2D eigenvalue weighted by molar-refractivity contribution is -0.147. The number of primary amides is 1. The number of amides is 3. The Labute approximate surface area is 129 Å². The molecule has 1 unspecified atom stereocenters. The minimum absolute atomic E-state index is 0.245. The van der Waals surface area contributed by atoms with E-state index in [1.807, 2.05) is 0 Å². The summed E-state index contributed by atoms with van der Waals surface area (Å²) in [6.07, 6.45) is 1.55. The Hall–Kier alpha value is -1.67. The first-order valence-electron chi connectivity index (χ1n) is 7.68. The van der Waals surface area contributed by atoms with Crippen LogP contribution in [0.1, 0.15) is 32.6 Å². The van der Waals surface area contributed by atoms with Crippen LogP contribution >= 0.6 is 0 Å². The summed E-state index contributed by atoms with van der Waals surface area (Å²) in [5.41, 5.74) is 11.0. The number of nitrogens with zero attached hydrogens (tertiary/aromatic N) is 2. The van der Waals surface area contributed by atoms with Crippen molar-refractivity contribution < 1.29 is 19.5 Å². The SMILES string of the molecule is C[C@@H](O)[C@H](N)C(=O)N1CCC[C@H]1C(=O)N1CCCC1C(N)=O. The second-order valence-electron chi connectivity index (χ2n) is 6.05. The zero-order chi connectivity index (χ0) is 16.4. The van der Waals surface area contributed by atoms with Crippen LogP contribution in [0.4, 0.5) is 0 Å². The van der Waals surface area contributed by atoms with Crippen LogP contribution in [0.5, 0.6) is 0 Å². The van der Waals surface area contributed by atoms with Crippen molar-refractivity contribution in [2.75, 3.05) is 13.1 Å². The average Bonchev–Trinajstić information content (AvgIpc) is 3.13. The van der Waals surface area contributed by atoms with Crippen molar-refractivity contribution in [3.05, 3.63) is 0 Å². The molecule has 0 aromatic heterocycles. The third kappa shape index (κ3) is 3.07. The summed E-state index contributed by atoms with van der Waals surface area (Å²) >= 11 is 0. The Bertz CT molecular complexity index is 468. The van der Waals surface area contributed by atoms with E-state index in [0.29, 0.717) is 32.4 Å². The molecule has 2 aliphatic rings. The van der Waals surface area contributed by atoms with E-state index in [1.165, 1.54) is 16.7 Å². The standard InChI is InChI=1S/C14H24N4O4/c1-8(19)11(15)14(22)18-7-3-5-10(18)13(21)17-6-2-4-9(17)12(16)20/h8-11,19H,2-7,15H2,1H3,(H2,16,20)/t8-,9?,10+,11+/m1/s1. The monoisotopic (exact) mass is 312 g/mol. The van der Waals surface area contributed by atoms with Crippen LogP contribution < -0.4 is 11.5 Å². The highest BCUT2D eigenvalue weighted by Crippen LogP contribution is 2.25. The predicted octanol–water partition coefficient (Wildman–Crippen LogP) is -1.84. The summed E-state index contributed by atoms with van der Waals surface area (Å²) in [6.45, 7) is 2.36. The number of aliphatic hydroxyl groups is 1. The largest absolute Gasteiger partial charge is 0.391 e. The second-order valence-corrected chi connectivity index (χ2v) is 6.05. The minimum Gasteiger partial charge on any atom is -0.391 e. The summed E-state index contributed by atoms with van der Waals surface area (Å²) in [5, 5.41) is 9.47. The van der Waals surface area contributed by atoms with Gasteiger partial charge in [0.2, 0.25) is 17.7 Å². The van der Waals surface area contributed by atoms with Gasteiger partial charge in [0.1, 0.15) is 18.1 Å². The third-order valence-corrected chi connectivity index (χ3v) is 4.49. The molecule has 2 saturated heterocycles. The lowest BCUT2D eigenvalue weighted by Crippen LogP contribution is -2.56. The van der Waals surface area contributed by atoms with Gasteiger partial charge in [-0.2, -0.15) is 0 Å². The van der Waals surface area contributed by atoms with Gasteiger partial charge in [-0.1, -0.05) is 0 Å². The van der Waals surface area contributed by atoms with E-state index in [-0.39, 0.29) is 5.91 Å². The van der Waals surface area contributed by atoms with Gasteiger partial charge in [0.25, 0.3) is 0 Å².